The Labute approximate surface area is 179 Å². The summed E-state index contributed by atoms with van der Waals surface area (Å²) in [5, 5.41) is 22.0. The average Bonchev–Trinajstić information content (AvgIpc) is 3.12. The van der Waals surface area contributed by atoms with Crippen LogP contribution in [0.5, 0.6) is 0 Å². The molecule has 0 radical (unpaired) electrons. The standard InChI is InChI=1S/C21H27N9O/c1-21(19(31)23-14-11-22-12-14)7-3-8-29(21)20-25-18(16-4-2-9-30(16)28-20)24-17-10-15(26-27-17)13-5-6-13/h2,4,9-10,13-14,22H,3,5-8,11-12H2,1H3,(H,23,31)(H2,24,25,26,27,28)/t21-/m0/s1. The molecule has 3 aromatic heterocycles. The SMILES string of the molecule is C[C@@]1(C(=O)NC2CNC2)CCCN1c1nc(Nc2cc(C3CC3)[nH]n2)c2cccn2n1. The Morgan fingerprint density at radius 2 is 2.19 bits per heavy atom. The number of aromatic amines is 1. The van der Waals surface area contributed by atoms with Crippen molar-refractivity contribution in [2.75, 3.05) is 29.9 Å². The number of nitrogens with zero attached hydrogens (tertiary/aromatic N) is 5. The molecule has 1 aliphatic carbocycles. The van der Waals surface area contributed by atoms with E-state index in [0.717, 1.165) is 49.5 Å². The quantitative estimate of drug-likeness (QED) is 0.477. The zero-order chi connectivity index (χ0) is 21.0. The van der Waals surface area contributed by atoms with Crippen molar-refractivity contribution in [2.45, 2.75) is 50.1 Å². The molecule has 5 heterocycles. The Morgan fingerprint density at radius 3 is 2.97 bits per heavy atom. The van der Waals surface area contributed by atoms with Crippen molar-refractivity contribution in [3.05, 3.63) is 30.1 Å². The molecule has 0 spiro atoms. The average molecular weight is 422 g/mol. The smallest absolute Gasteiger partial charge is 0.246 e. The second-order valence-corrected chi connectivity index (χ2v) is 9.06. The molecule has 3 aliphatic rings. The van der Waals surface area contributed by atoms with Crippen LogP contribution >= 0.6 is 0 Å². The maximum absolute atomic E-state index is 13.1. The van der Waals surface area contributed by atoms with Gasteiger partial charge in [0.05, 0.1) is 6.04 Å². The van der Waals surface area contributed by atoms with E-state index in [1.54, 1.807) is 0 Å². The van der Waals surface area contributed by atoms with E-state index in [4.69, 9.17) is 10.1 Å². The number of anilines is 3. The minimum absolute atomic E-state index is 0.0450. The predicted octanol–water partition coefficient (Wildman–Crippen LogP) is 1.52. The number of H-pyrrole nitrogens is 1. The number of nitrogens with one attached hydrogen (secondary N) is 4. The molecule has 10 heteroatoms. The van der Waals surface area contributed by atoms with E-state index >= 15 is 0 Å². The molecule has 1 amide bonds. The summed E-state index contributed by atoms with van der Waals surface area (Å²) >= 11 is 0. The first-order valence-corrected chi connectivity index (χ1v) is 11.1. The molecular formula is C21H27N9O. The Balaban J connectivity index is 1.32. The third-order valence-electron chi connectivity index (χ3n) is 6.73. The minimum Gasteiger partial charge on any atom is -0.349 e. The number of aromatic nitrogens is 5. The van der Waals surface area contributed by atoms with Crippen molar-refractivity contribution < 1.29 is 4.79 Å². The molecule has 6 rings (SSSR count). The number of carbonyl (C=O) groups is 1. The minimum atomic E-state index is -0.667. The van der Waals surface area contributed by atoms with Crippen molar-refractivity contribution >= 4 is 29.0 Å². The summed E-state index contributed by atoms with van der Waals surface area (Å²) in [5.74, 6) is 2.62. The molecule has 2 aliphatic heterocycles. The Morgan fingerprint density at radius 1 is 1.32 bits per heavy atom. The van der Waals surface area contributed by atoms with Crippen LogP contribution in [0.3, 0.4) is 0 Å². The second-order valence-electron chi connectivity index (χ2n) is 9.06. The van der Waals surface area contributed by atoms with Crippen molar-refractivity contribution in [1.82, 2.24) is 35.4 Å². The normalized spacial score (nSPS) is 23.8. The summed E-state index contributed by atoms with van der Waals surface area (Å²) in [5.41, 5.74) is 1.36. The van der Waals surface area contributed by atoms with E-state index in [9.17, 15) is 4.79 Å². The summed E-state index contributed by atoms with van der Waals surface area (Å²) in [4.78, 5) is 20.0. The highest BCUT2D eigenvalue weighted by atomic mass is 16.2. The number of rotatable bonds is 6. The van der Waals surface area contributed by atoms with Crippen molar-refractivity contribution in [2.24, 2.45) is 0 Å². The summed E-state index contributed by atoms with van der Waals surface area (Å²) in [7, 11) is 0. The molecule has 10 nitrogen and oxygen atoms in total. The van der Waals surface area contributed by atoms with Crippen LogP contribution in [0.15, 0.2) is 24.4 Å². The molecule has 162 valence electrons. The molecule has 3 aromatic rings. The number of carbonyl (C=O) groups excluding carboxylic acids is 1. The van der Waals surface area contributed by atoms with E-state index in [1.165, 1.54) is 12.8 Å². The summed E-state index contributed by atoms with van der Waals surface area (Å²) in [6.45, 7) is 4.39. The first-order valence-electron chi connectivity index (χ1n) is 11.1. The largest absolute Gasteiger partial charge is 0.349 e. The van der Waals surface area contributed by atoms with Crippen LogP contribution in [0.4, 0.5) is 17.6 Å². The van der Waals surface area contributed by atoms with Gasteiger partial charge in [0.25, 0.3) is 0 Å². The van der Waals surface area contributed by atoms with Gasteiger partial charge >= 0.3 is 0 Å². The molecule has 0 unspecified atom stereocenters. The van der Waals surface area contributed by atoms with Crippen LogP contribution in [-0.4, -0.2) is 61.9 Å². The van der Waals surface area contributed by atoms with Gasteiger partial charge in [-0.05, 0) is 44.7 Å². The lowest BCUT2D eigenvalue weighted by Gasteiger charge is -2.37. The molecule has 3 fully saturated rings. The molecule has 1 atom stereocenters. The lowest BCUT2D eigenvalue weighted by Crippen LogP contribution is -2.63. The summed E-state index contributed by atoms with van der Waals surface area (Å²) in [6.07, 6.45) is 6.04. The van der Waals surface area contributed by atoms with Gasteiger partial charge in [-0.25, -0.2) is 4.52 Å². The van der Waals surface area contributed by atoms with Crippen LogP contribution in [-0.2, 0) is 4.79 Å². The number of amides is 1. The monoisotopic (exact) mass is 421 g/mol. The van der Waals surface area contributed by atoms with E-state index in [-0.39, 0.29) is 11.9 Å². The zero-order valence-corrected chi connectivity index (χ0v) is 17.6. The number of hydrogen-bond acceptors (Lipinski definition) is 7. The van der Waals surface area contributed by atoms with E-state index < -0.39 is 5.54 Å². The van der Waals surface area contributed by atoms with Crippen molar-refractivity contribution in [3.63, 3.8) is 0 Å². The lowest BCUT2D eigenvalue weighted by molar-refractivity contribution is -0.126. The maximum Gasteiger partial charge on any atom is 0.246 e. The fraction of sp³-hybridized carbons (Fsp3) is 0.524. The Kier molecular flexibility index (Phi) is 4.17. The molecule has 1 saturated carbocycles. The van der Waals surface area contributed by atoms with Gasteiger partial charge < -0.3 is 20.9 Å². The third-order valence-corrected chi connectivity index (χ3v) is 6.73. The van der Waals surface area contributed by atoms with Crippen LogP contribution in [0, 0.1) is 0 Å². The molecule has 0 bridgehead atoms. The first-order chi connectivity index (χ1) is 15.1. The Bertz CT molecular complexity index is 1130. The van der Waals surface area contributed by atoms with Gasteiger partial charge in [-0.3, -0.25) is 9.89 Å². The molecule has 31 heavy (non-hydrogen) atoms. The zero-order valence-electron chi connectivity index (χ0n) is 17.6. The molecule has 4 N–H and O–H groups in total. The van der Waals surface area contributed by atoms with Crippen molar-refractivity contribution in [1.29, 1.82) is 0 Å². The van der Waals surface area contributed by atoms with Gasteiger partial charge in [0.1, 0.15) is 11.1 Å². The van der Waals surface area contributed by atoms with Gasteiger partial charge in [0.2, 0.25) is 11.9 Å². The topological polar surface area (TPSA) is 115 Å². The fourth-order valence-electron chi connectivity index (χ4n) is 4.51. The molecule has 0 aromatic carbocycles. The number of fused-ring (bicyclic) bond motifs is 1. The first kappa shape index (κ1) is 18.6. The molecule has 2 saturated heterocycles. The maximum atomic E-state index is 13.1. The highest BCUT2D eigenvalue weighted by Gasteiger charge is 2.45. The van der Waals surface area contributed by atoms with Crippen molar-refractivity contribution in [3.8, 4) is 0 Å². The van der Waals surface area contributed by atoms with Gasteiger partial charge in [0.15, 0.2) is 11.6 Å². The van der Waals surface area contributed by atoms with Gasteiger partial charge in [0, 0.05) is 43.5 Å². The lowest BCUT2D eigenvalue weighted by atomic mass is 9.97. The van der Waals surface area contributed by atoms with Crippen LogP contribution < -0.4 is 20.9 Å². The predicted molar refractivity (Wildman–Crippen MR) is 117 cm³/mol. The molecular weight excluding hydrogens is 394 g/mol. The van der Waals surface area contributed by atoms with Crippen LogP contribution in [0.2, 0.25) is 0 Å². The van der Waals surface area contributed by atoms with Crippen LogP contribution in [0.1, 0.15) is 44.2 Å². The van der Waals surface area contributed by atoms with Gasteiger partial charge in [-0.2, -0.15) is 10.1 Å². The van der Waals surface area contributed by atoms with Gasteiger partial charge in [-0.15, -0.1) is 5.10 Å². The van der Waals surface area contributed by atoms with E-state index in [1.807, 2.05) is 34.7 Å². The van der Waals surface area contributed by atoms with Crippen LogP contribution in [0.25, 0.3) is 5.52 Å². The summed E-state index contributed by atoms with van der Waals surface area (Å²) < 4.78 is 1.81. The fourth-order valence-corrected chi connectivity index (χ4v) is 4.51. The highest BCUT2D eigenvalue weighted by Crippen LogP contribution is 2.40. The number of hydrogen-bond donors (Lipinski definition) is 4. The second kappa shape index (κ2) is 6.94. The van der Waals surface area contributed by atoms with E-state index in [0.29, 0.717) is 17.7 Å². The highest BCUT2D eigenvalue weighted by molar-refractivity contribution is 5.90. The van der Waals surface area contributed by atoms with E-state index in [2.05, 4.69) is 32.2 Å². The Hall–Kier alpha value is -3.14. The third kappa shape index (κ3) is 3.21. The van der Waals surface area contributed by atoms with Gasteiger partial charge in [-0.1, -0.05) is 0 Å². The summed E-state index contributed by atoms with van der Waals surface area (Å²) in [6, 6.07) is 6.18.